The summed E-state index contributed by atoms with van der Waals surface area (Å²) in [4.78, 5) is 24.6. The van der Waals surface area contributed by atoms with Gasteiger partial charge in [0.25, 0.3) is 0 Å². The van der Waals surface area contributed by atoms with Gasteiger partial charge in [-0.2, -0.15) is 0 Å². The van der Waals surface area contributed by atoms with Crippen LogP contribution in [0.25, 0.3) is 0 Å². The van der Waals surface area contributed by atoms with Crippen molar-refractivity contribution in [1.82, 2.24) is 0 Å². The van der Waals surface area contributed by atoms with Crippen LogP contribution in [0.5, 0.6) is 5.75 Å². The molecule has 0 bridgehead atoms. The summed E-state index contributed by atoms with van der Waals surface area (Å²) < 4.78 is 39.2. The first kappa shape index (κ1) is 34.5. The van der Waals surface area contributed by atoms with Crippen molar-refractivity contribution in [2.45, 2.75) is 123 Å². The monoisotopic (exact) mass is 582 g/mol. The van der Waals surface area contributed by atoms with E-state index in [9.17, 15) is 14.2 Å². The molecule has 228 valence electrons. The standard InChI is InChI=1S/C31H51O8P/c1-3-5-6-7-8-9-10-11-12-13-14-15-16-17-18-21-24-35-25-27-26-37-40(34,39-27)31(33)38-29-23-20-19-22-28(29)30(32)36-4-2/h19-20,22-23,27H,3-18,21,24-26H2,1-2H3. The molecule has 0 aromatic heterocycles. The number of para-hydroxylation sites is 1. The van der Waals surface area contributed by atoms with Gasteiger partial charge in [0.15, 0.2) is 0 Å². The third-order valence-electron chi connectivity index (χ3n) is 6.97. The van der Waals surface area contributed by atoms with Crippen LogP contribution >= 0.6 is 7.60 Å². The zero-order valence-corrected chi connectivity index (χ0v) is 25.6. The number of carbonyl (C=O) groups excluding carboxylic acids is 2. The van der Waals surface area contributed by atoms with Crippen molar-refractivity contribution < 1.29 is 37.4 Å². The summed E-state index contributed by atoms with van der Waals surface area (Å²) in [6, 6.07) is 6.08. The van der Waals surface area contributed by atoms with Gasteiger partial charge in [-0.1, -0.05) is 115 Å². The van der Waals surface area contributed by atoms with Gasteiger partial charge in [0.2, 0.25) is 0 Å². The van der Waals surface area contributed by atoms with E-state index in [-0.39, 0.29) is 31.1 Å². The third-order valence-corrected chi connectivity index (χ3v) is 8.57. The van der Waals surface area contributed by atoms with Crippen LogP contribution in [0, 0.1) is 0 Å². The number of hydrogen-bond donors (Lipinski definition) is 0. The lowest BCUT2D eigenvalue weighted by Gasteiger charge is -2.13. The Kier molecular flexibility index (Phi) is 18.1. The fourth-order valence-corrected chi connectivity index (χ4v) is 6.00. The zero-order valence-electron chi connectivity index (χ0n) is 24.7. The Morgan fingerprint density at radius 3 is 1.95 bits per heavy atom. The van der Waals surface area contributed by atoms with Crippen LogP contribution in [0.3, 0.4) is 0 Å². The predicted molar refractivity (Wildman–Crippen MR) is 157 cm³/mol. The Morgan fingerprint density at radius 1 is 0.825 bits per heavy atom. The fourth-order valence-electron chi connectivity index (χ4n) is 4.66. The Labute approximate surface area is 241 Å². The maximum Gasteiger partial charge on any atom is 0.439 e. The van der Waals surface area contributed by atoms with Gasteiger partial charge >= 0.3 is 19.3 Å². The average Bonchev–Trinajstić information content (AvgIpc) is 3.34. The minimum Gasteiger partial charge on any atom is -0.462 e. The first-order valence-electron chi connectivity index (χ1n) is 15.5. The van der Waals surface area contributed by atoms with E-state index in [0.29, 0.717) is 6.61 Å². The van der Waals surface area contributed by atoms with Gasteiger partial charge in [-0.15, -0.1) is 0 Å². The summed E-state index contributed by atoms with van der Waals surface area (Å²) in [7, 11) is -4.14. The first-order chi connectivity index (χ1) is 19.5. The van der Waals surface area contributed by atoms with Gasteiger partial charge in [-0.3, -0.25) is 9.05 Å². The second kappa shape index (κ2) is 21.0. The van der Waals surface area contributed by atoms with Gasteiger partial charge < -0.3 is 14.2 Å². The lowest BCUT2D eigenvalue weighted by Crippen LogP contribution is -2.18. The molecule has 2 atom stereocenters. The number of ether oxygens (including phenoxy) is 3. The van der Waals surface area contributed by atoms with Crippen molar-refractivity contribution in [3.05, 3.63) is 29.8 Å². The minimum atomic E-state index is -4.14. The highest BCUT2D eigenvalue weighted by atomic mass is 31.2. The van der Waals surface area contributed by atoms with Gasteiger partial charge in [-0.25, -0.2) is 14.2 Å². The topological polar surface area (TPSA) is 97.4 Å². The minimum absolute atomic E-state index is 0.0230. The van der Waals surface area contributed by atoms with Crippen LogP contribution in [0.1, 0.15) is 127 Å². The van der Waals surface area contributed by atoms with Crippen LogP contribution in [-0.2, 0) is 23.1 Å². The number of carbonyl (C=O) groups is 2. The molecule has 1 aliphatic rings. The molecule has 40 heavy (non-hydrogen) atoms. The molecule has 1 aromatic carbocycles. The molecule has 0 radical (unpaired) electrons. The summed E-state index contributed by atoms with van der Waals surface area (Å²) >= 11 is 0. The van der Waals surface area contributed by atoms with Crippen LogP contribution < -0.4 is 4.74 Å². The molecule has 0 aliphatic carbocycles. The smallest absolute Gasteiger partial charge is 0.439 e. The van der Waals surface area contributed by atoms with Crippen molar-refractivity contribution in [3.8, 4) is 5.75 Å². The van der Waals surface area contributed by atoms with Crippen LogP contribution in [0.2, 0.25) is 0 Å². The molecule has 1 aliphatic heterocycles. The van der Waals surface area contributed by atoms with E-state index < -0.39 is 25.4 Å². The Hall–Kier alpha value is -1.73. The van der Waals surface area contributed by atoms with Crippen LogP contribution in [0.4, 0.5) is 4.79 Å². The average molecular weight is 583 g/mol. The molecular weight excluding hydrogens is 531 g/mol. The summed E-state index contributed by atoms with van der Waals surface area (Å²) in [6.07, 6.45) is 20.5. The molecule has 0 spiro atoms. The van der Waals surface area contributed by atoms with Crippen molar-refractivity contribution in [3.63, 3.8) is 0 Å². The van der Waals surface area contributed by atoms with Gasteiger partial charge in [-0.05, 0) is 25.5 Å². The summed E-state index contributed by atoms with van der Waals surface area (Å²) in [5.74, 6) is -0.700. The third kappa shape index (κ3) is 13.8. The molecule has 2 rings (SSSR count). The molecule has 1 aromatic rings. The van der Waals surface area contributed by atoms with Gasteiger partial charge in [0, 0.05) is 6.61 Å². The lowest BCUT2D eigenvalue weighted by molar-refractivity contribution is 0.0523. The van der Waals surface area contributed by atoms with Crippen LogP contribution in [-0.4, -0.2) is 44.2 Å². The number of benzene rings is 1. The van der Waals surface area contributed by atoms with E-state index in [4.69, 9.17) is 23.3 Å². The Bertz CT molecular complexity index is 890. The number of hydrogen-bond acceptors (Lipinski definition) is 8. The summed E-state index contributed by atoms with van der Waals surface area (Å²) in [5, 5.41) is 0. The molecule has 1 saturated heterocycles. The Morgan fingerprint density at radius 2 is 1.38 bits per heavy atom. The van der Waals surface area contributed by atoms with Crippen molar-refractivity contribution in [2.75, 3.05) is 26.4 Å². The van der Waals surface area contributed by atoms with E-state index in [1.165, 1.54) is 102 Å². The molecule has 9 heteroatoms. The summed E-state index contributed by atoms with van der Waals surface area (Å²) in [5.41, 5.74) is -1.10. The van der Waals surface area contributed by atoms with Gasteiger partial charge in [0.05, 0.1) is 19.8 Å². The molecule has 1 heterocycles. The van der Waals surface area contributed by atoms with E-state index in [0.717, 1.165) is 12.8 Å². The highest BCUT2D eigenvalue weighted by Crippen LogP contribution is 2.55. The quantitative estimate of drug-likeness (QED) is 0.0715. The second-order valence-electron chi connectivity index (χ2n) is 10.5. The number of esters is 1. The Balaban J connectivity index is 1.47. The highest BCUT2D eigenvalue weighted by molar-refractivity contribution is 7.71. The second-order valence-corrected chi connectivity index (χ2v) is 12.3. The molecular formula is C31H51O8P. The highest BCUT2D eigenvalue weighted by Gasteiger charge is 2.46. The molecule has 8 nitrogen and oxygen atoms in total. The van der Waals surface area contributed by atoms with E-state index in [2.05, 4.69) is 6.92 Å². The van der Waals surface area contributed by atoms with E-state index >= 15 is 0 Å². The summed E-state index contributed by atoms with van der Waals surface area (Å²) in [6.45, 7) is 4.87. The normalized spacial score (nSPS) is 18.6. The molecule has 1 fully saturated rings. The van der Waals surface area contributed by atoms with E-state index in [1.54, 1.807) is 19.1 Å². The fraction of sp³-hybridized carbons (Fsp3) is 0.742. The SMILES string of the molecule is CCCCCCCCCCCCCCCCCCOCC1COP(=O)(C(=O)Oc2ccccc2C(=O)OCC)O1. The van der Waals surface area contributed by atoms with Crippen LogP contribution in [0.15, 0.2) is 24.3 Å². The predicted octanol–water partition coefficient (Wildman–Crippen LogP) is 9.25. The molecule has 2 unspecified atom stereocenters. The maximum atomic E-state index is 12.8. The largest absolute Gasteiger partial charge is 0.462 e. The molecule has 0 saturated carbocycles. The number of rotatable bonds is 23. The maximum absolute atomic E-state index is 12.8. The van der Waals surface area contributed by atoms with E-state index in [1.807, 2.05) is 0 Å². The van der Waals surface area contributed by atoms with Gasteiger partial charge in [0.1, 0.15) is 17.4 Å². The first-order valence-corrected chi connectivity index (χ1v) is 17.0. The van der Waals surface area contributed by atoms with Crippen molar-refractivity contribution >= 4 is 19.3 Å². The number of unbranched alkanes of at least 4 members (excludes halogenated alkanes) is 15. The van der Waals surface area contributed by atoms with Crippen molar-refractivity contribution in [1.29, 1.82) is 0 Å². The van der Waals surface area contributed by atoms with Crippen molar-refractivity contribution in [2.24, 2.45) is 0 Å². The lowest BCUT2D eigenvalue weighted by atomic mass is 10.0. The molecule has 0 amide bonds. The zero-order chi connectivity index (χ0) is 28.9. The molecule has 0 N–H and O–H groups in total.